The van der Waals surface area contributed by atoms with Crippen molar-refractivity contribution < 1.29 is 27.5 Å². The monoisotopic (exact) mass is 457 g/mol. The van der Waals surface area contributed by atoms with Gasteiger partial charge in [-0.25, -0.2) is 8.42 Å². The second-order valence-corrected chi connectivity index (χ2v) is 9.20. The molecule has 0 aliphatic carbocycles. The van der Waals surface area contributed by atoms with Gasteiger partial charge in [-0.05, 0) is 36.4 Å². The minimum Gasteiger partial charge on any atom is -0.481 e. The number of morpholine rings is 1. The Morgan fingerprint density at radius 3 is 2.53 bits per heavy atom. The maximum absolute atomic E-state index is 12.7. The lowest BCUT2D eigenvalue weighted by Crippen LogP contribution is -2.40. The van der Waals surface area contributed by atoms with Gasteiger partial charge < -0.3 is 19.7 Å². The maximum Gasteiger partial charge on any atom is 0.265 e. The number of nitrogens with one attached hydrogen (secondary N) is 1. The van der Waals surface area contributed by atoms with Crippen LogP contribution in [-0.2, 0) is 19.6 Å². The van der Waals surface area contributed by atoms with Gasteiger partial charge in [-0.15, -0.1) is 6.58 Å². The summed E-state index contributed by atoms with van der Waals surface area (Å²) in [5.74, 6) is -0.0763. The minimum absolute atomic E-state index is 0.0860. The van der Waals surface area contributed by atoms with Crippen molar-refractivity contribution in [2.75, 3.05) is 49.7 Å². The molecule has 2 aliphatic heterocycles. The third-order valence-electron chi connectivity index (χ3n) is 5.20. The van der Waals surface area contributed by atoms with Crippen molar-refractivity contribution in [2.24, 2.45) is 0 Å². The maximum atomic E-state index is 12.7. The van der Waals surface area contributed by atoms with Crippen LogP contribution in [0.2, 0.25) is 0 Å². The number of anilines is 2. The second-order valence-electron chi connectivity index (χ2n) is 7.26. The van der Waals surface area contributed by atoms with Gasteiger partial charge in [0.1, 0.15) is 5.75 Å². The SMILES string of the molecule is C=CCN1C(=O)COc2cc(NC(=O)c3ccc(S(=O)(=O)N4CCOCC4)cc3)ccc21. The van der Waals surface area contributed by atoms with Gasteiger partial charge in [0, 0.05) is 37.0 Å². The molecule has 9 nitrogen and oxygen atoms in total. The van der Waals surface area contributed by atoms with Crippen LogP contribution in [0.15, 0.2) is 60.0 Å². The number of amides is 2. The van der Waals surface area contributed by atoms with Crippen molar-refractivity contribution in [1.82, 2.24) is 4.31 Å². The van der Waals surface area contributed by atoms with E-state index in [9.17, 15) is 18.0 Å². The van der Waals surface area contributed by atoms with E-state index >= 15 is 0 Å². The molecular formula is C22H23N3O6S. The first-order valence-electron chi connectivity index (χ1n) is 10.1. The van der Waals surface area contributed by atoms with Crippen LogP contribution < -0.4 is 15.0 Å². The third kappa shape index (κ3) is 4.38. The van der Waals surface area contributed by atoms with E-state index in [2.05, 4.69) is 11.9 Å². The molecular weight excluding hydrogens is 434 g/mol. The highest BCUT2D eigenvalue weighted by molar-refractivity contribution is 7.89. The summed E-state index contributed by atoms with van der Waals surface area (Å²) in [6.45, 7) is 5.28. The lowest BCUT2D eigenvalue weighted by atomic mass is 10.2. The first-order chi connectivity index (χ1) is 15.4. The summed E-state index contributed by atoms with van der Waals surface area (Å²) in [6.07, 6.45) is 1.63. The molecule has 4 rings (SSSR count). The van der Waals surface area contributed by atoms with Crippen LogP contribution in [0.1, 0.15) is 10.4 Å². The van der Waals surface area contributed by atoms with Gasteiger partial charge in [0.2, 0.25) is 10.0 Å². The summed E-state index contributed by atoms with van der Waals surface area (Å²) >= 11 is 0. The quantitative estimate of drug-likeness (QED) is 0.664. The van der Waals surface area contributed by atoms with E-state index in [1.54, 1.807) is 29.2 Å². The summed E-state index contributed by atoms with van der Waals surface area (Å²) in [5.41, 5.74) is 1.41. The predicted octanol–water partition coefficient (Wildman–Crippen LogP) is 1.87. The van der Waals surface area contributed by atoms with Crippen molar-refractivity contribution in [3.63, 3.8) is 0 Å². The van der Waals surface area contributed by atoms with Gasteiger partial charge in [-0.3, -0.25) is 9.59 Å². The number of carbonyl (C=O) groups is 2. The van der Waals surface area contributed by atoms with E-state index in [4.69, 9.17) is 9.47 Å². The molecule has 168 valence electrons. The summed E-state index contributed by atoms with van der Waals surface area (Å²) in [5, 5.41) is 2.77. The topological polar surface area (TPSA) is 105 Å². The number of sulfonamides is 1. The fraction of sp³-hybridized carbons (Fsp3) is 0.273. The molecule has 0 atom stereocenters. The zero-order valence-corrected chi connectivity index (χ0v) is 18.1. The summed E-state index contributed by atoms with van der Waals surface area (Å²) in [6, 6.07) is 10.8. The Balaban J connectivity index is 1.47. The number of hydrogen-bond acceptors (Lipinski definition) is 6. The van der Waals surface area contributed by atoms with E-state index in [0.29, 0.717) is 55.5 Å². The highest BCUT2D eigenvalue weighted by atomic mass is 32.2. The zero-order chi connectivity index (χ0) is 22.7. The van der Waals surface area contributed by atoms with Gasteiger partial charge in [-0.1, -0.05) is 6.08 Å². The Morgan fingerprint density at radius 2 is 1.84 bits per heavy atom. The molecule has 0 saturated carbocycles. The fourth-order valence-electron chi connectivity index (χ4n) is 3.53. The number of carbonyl (C=O) groups excluding carboxylic acids is 2. The highest BCUT2D eigenvalue weighted by Gasteiger charge is 2.27. The molecule has 0 aromatic heterocycles. The van der Waals surface area contributed by atoms with Crippen LogP contribution in [0.3, 0.4) is 0 Å². The average molecular weight is 458 g/mol. The van der Waals surface area contributed by atoms with Crippen molar-refractivity contribution in [3.8, 4) is 5.75 Å². The number of fused-ring (bicyclic) bond motifs is 1. The van der Waals surface area contributed by atoms with Gasteiger partial charge in [0.25, 0.3) is 11.8 Å². The number of hydrogen-bond donors (Lipinski definition) is 1. The number of benzene rings is 2. The Bertz CT molecular complexity index is 1140. The molecule has 2 aliphatic rings. The largest absolute Gasteiger partial charge is 0.481 e. The zero-order valence-electron chi connectivity index (χ0n) is 17.3. The van der Waals surface area contributed by atoms with Crippen molar-refractivity contribution in [3.05, 3.63) is 60.7 Å². The van der Waals surface area contributed by atoms with Crippen LogP contribution in [0.4, 0.5) is 11.4 Å². The van der Waals surface area contributed by atoms with Crippen LogP contribution in [0.25, 0.3) is 0 Å². The Labute approximate surface area is 186 Å². The van der Waals surface area contributed by atoms with E-state index in [1.165, 1.54) is 28.6 Å². The number of nitrogens with zero attached hydrogens (tertiary/aromatic N) is 2. The number of rotatable bonds is 6. The molecule has 2 amide bonds. The van der Waals surface area contributed by atoms with Gasteiger partial charge in [0.15, 0.2) is 6.61 Å². The molecule has 1 fully saturated rings. The van der Waals surface area contributed by atoms with Crippen LogP contribution >= 0.6 is 0 Å². The summed E-state index contributed by atoms with van der Waals surface area (Å²) in [7, 11) is -3.62. The molecule has 2 aromatic carbocycles. The van der Waals surface area contributed by atoms with Gasteiger partial charge in [-0.2, -0.15) is 4.31 Å². The number of ether oxygens (including phenoxy) is 2. The lowest BCUT2D eigenvalue weighted by molar-refractivity contribution is -0.121. The normalized spacial score (nSPS) is 16.8. The van der Waals surface area contributed by atoms with Crippen molar-refractivity contribution in [2.45, 2.75) is 4.90 Å². The molecule has 0 bridgehead atoms. The van der Waals surface area contributed by atoms with E-state index < -0.39 is 15.9 Å². The first-order valence-corrected chi connectivity index (χ1v) is 11.5. The van der Waals surface area contributed by atoms with Gasteiger partial charge in [0.05, 0.1) is 23.8 Å². The van der Waals surface area contributed by atoms with Crippen molar-refractivity contribution in [1.29, 1.82) is 0 Å². The van der Waals surface area contributed by atoms with E-state index in [1.807, 2.05) is 0 Å². The van der Waals surface area contributed by atoms with E-state index in [0.717, 1.165) is 0 Å². The Kier molecular flexibility index (Phi) is 6.26. The summed E-state index contributed by atoms with van der Waals surface area (Å²) < 4.78 is 37.5. The average Bonchev–Trinajstić information content (AvgIpc) is 2.81. The Hall–Kier alpha value is -3.21. The molecule has 0 radical (unpaired) electrons. The fourth-order valence-corrected chi connectivity index (χ4v) is 4.94. The highest BCUT2D eigenvalue weighted by Crippen LogP contribution is 2.34. The molecule has 10 heteroatoms. The lowest BCUT2D eigenvalue weighted by Gasteiger charge is -2.28. The van der Waals surface area contributed by atoms with Crippen LogP contribution in [0.5, 0.6) is 5.75 Å². The van der Waals surface area contributed by atoms with E-state index in [-0.39, 0.29) is 17.4 Å². The first kappa shape index (κ1) is 22.0. The van der Waals surface area contributed by atoms with Gasteiger partial charge >= 0.3 is 0 Å². The molecule has 2 aromatic rings. The third-order valence-corrected chi connectivity index (χ3v) is 7.11. The molecule has 0 spiro atoms. The minimum atomic E-state index is -3.62. The molecule has 1 saturated heterocycles. The standard InChI is InChI=1S/C22H23N3O6S/c1-2-9-25-19-8-5-17(14-20(19)31-15-21(25)26)23-22(27)16-3-6-18(7-4-16)32(28,29)24-10-12-30-13-11-24/h2-8,14H,1,9-13,15H2,(H,23,27). The summed E-state index contributed by atoms with van der Waals surface area (Å²) in [4.78, 5) is 26.4. The van der Waals surface area contributed by atoms with Crippen molar-refractivity contribution >= 4 is 33.2 Å². The smallest absolute Gasteiger partial charge is 0.265 e. The molecule has 32 heavy (non-hydrogen) atoms. The molecule has 1 N–H and O–H groups in total. The Morgan fingerprint density at radius 1 is 1.12 bits per heavy atom. The van der Waals surface area contributed by atoms with Crippen LogP contribution in [0, 0.1) is 0 Å². The molecule has 2 heterocycles. The van der Waals surface area contributed by atoms with Crippen LogP contribution in [-0.4, -0.2) is 64.0 Å². The predicted molar refractivity (Wildman–Crippen MR) is 118 cm³/mol. The second kappa shape index (κ2) is 9.11. The molecule has 0 unspecified atom stereocenters.